The lowest BCUT2D eigenvalue weighted by atomic mass is 10.0. The molecule has 0 bridgehead atoms. The first-order valence-electron chi connectivity index (χ1n) is 5.92. The van der Waals surface area contributed by atoms with Crippen LogP contribution < -0.4 is 11.1 Å². The van der Waals surface area contributed by atoms with Gasteiger partial charge in [-0.15, -0.1) is 0 Å². The van der Waals surface area contributed by atoms with E-state index in [2.05, 4.69) is 30.4 Å². The predicted molar refractivity (Wildman–Crippen MR) is 65.2 cm³/mol. The molecule has 2 heteroatoms. The van der Waals surface area contributed by atoms with Crippen LogP contribution >= 0.6 is 0 Å². The lowest BCUT2D eigenvalue weighted by Crippen LogP contribution is -2.16. The Morgan fingerprint density at radius 3 is 3.07 bits per heavy atom. The molecule has 3 N–H and O–H groups in total. The van der Waals surface area contributed by atoms with Gasteiger partial charge >= 0.3 is 0 Å². The van der Waals surface area contributed by atoms with Crippen LogP contribution in [-0.4, -0.2) is 12.6 Å². The fourth-order valence-corrected chi connectivity index (χ4v) is 2.25. The second-order valence-corrected chi connectivity index (χ2v) is 4.32. The molecular formula is C13H20N2. The first kappa shape index (κ1) is 10.5. The first-order valence-corrected chi connectivity index (χ1v) is 5.92. The summed E-state index contributed by atoms with van der Waals surface area (Å²) >= 11 is 0. The molecule has 0 radical (unpaired) electrons. The number of benzene rings is 1. The molecule has 2 rings (SSSR count). The normalized spacial score (nSPS) is 18.7. The predicted octanol–water partition coefficient (Wildman–Crippen LogP) is 2.32. The maximum atomic E-state index is 5.53. The van der Waals surface area contributed by atoms with Gasteiger partial charge in [-0.1, -0.05) is 19.1 Å². The third-order valence-electron chi connectivity index (χ3n) is 3.16. The van der Waals surface area contributed by atoms with Gasteiger partial charge in [-0.25, -0.2) is 0 Å². The highest BCUT2D eigenvalue weighted by Gasteiger charge is 2.19. The average molecular weight is 204 g/mol. The molecule has 0 amide bonds. The zero-order chi connectivity index (χ0) is 10.7. The average Bonchev–Trinajstić information content (AvgIpc) is 2.67. The summed E-state index contributed by atoms with van der Waals surface area (Å²) < 4.78 is 0. The van der Waals surface area contributed by atoms with Crippen molar-refractivity contribution < 1.29 is 0 Å². The van der Waals surface area contributed by atoms with Crippen LogP contribution in [-0.2, 0) is 12.8 Å². The van der Waals surface area contributed by atoms with Crippen molar-refractivity contribution in [3.63, 3.8) is 0 Å². The third-order valence-corrected chi connectivity index (χ3v) is 3.16. The summed E-state index contributed by atoms with van der Waals surface area (Å²) in [6.07, 6.45) is 4.60. The van der Waals surface area contributed by atoms with E-state index in [0.29, 0.717) is 6.04 Å². The molecule has 2 nitrogen and oxygen atoms in total. The molecule has 1 aromatic rings. The highest BCUT2D eigenvalue weighted by atomic mass is 14.9. The summed E-state index contributed by atoms with van der Waals surface area (Å²) in [5, 5.41) is 3.57. The molecule has 0 aromatic heterocycles. The Morgan fingerprint density at radius 2 is 2.33 bits per heavy atom. The molecule has 1 heterocycles. The van der Waals surface area contributed by atoms with Crippen molar-refractivity contribution >= 4 is 5.69 Å². The van der Waals surface area contributed by atoms with Gasteiger partial charge in [0.05, 0.1) is 0 Å². The molecule has 0 saturated carbocycles. The van der Waals surface area contributed by atoms with Gasteiger partial charge in [-0.05, 0) is 49.4 Å². The standard InChI is InChI=1S/C13H20N2/c1-2-10-5-6-13-11(8-10)9-12(15-13)4-3-7-14/h5-6,8,12,15H,2-4,7,9,14H2,1H3. The molecule has 82 valence electrons. The smallest absolute Gasteiger partial charge is 0.0375 e. The fraction of sp³-hybridized carbons (Fsp3) is 0.538. The summed E-state index contributed by atoms with van der Waals surface area (Å²) in [7, 11) is 0. The van der Waals surface area contributed by atoms with Gasteiger partial charge in [0.2, 0.25) is 0 Å². The maximum Gasteiger partial charge on any atom is 0.0375 e. The molecular weight excluding hydrogens is 184 g/mol. The minimum Gasteiger partial charge on any atom is -0.382 e. The Hall–Kier alpha value is -1.02. The Morgan fingerprint density at radius 1 is 1.47 bits per heavy atom. The monoisotopic (exact) mass is 204 g/mol. The van der Waals surface area contributed by atoms with Crippen LogP contribution in [0.3, 0.4) is 0 Å². The van der Waals surface area contributed by atoms with Crippen LogP contribution in [0, 0.1) is 0 Å². The van der Waals surface area contributed by atoms with Crippen LogP contribution in [0.5, 0.6) is 0 Å². The van der Waals surface area contributed by atoms with Gasteiger partial charge < -0.3 is 11.1 Å². The van der Waals surface area contributed by atoms with E-state index in [0.717, 1.165) is 19.4 Å². The van der Waals surface area contributed by atoms with Crippen LogP contribution in [0.15, 0.2) is 18.2 Å². The van der Waals surface area contributed by atoms with E-state index >= 15 is 0 Å². The minimum absolute atomic E-state index is 0.607. The van der Waals surface area contributed by atoms with Gasteiger partial charge in [0.15, 0.2) is 0 Å². The van der Waals surface area contributed by atoms with Crippen molar-refractivity contribution in [3.8, 4) is 0 Å². The van der Waals surface area contributed by atoms with E-state index in [9.17, 15) is 0 Å². The van der Waals surface area contributed by atoms with E-state index in [-0.39, 0.29) is 0 Å². The fourth-order valence-electron chi connectivity index (χ4n) is 2.25. The van der Waals surface area contributed by atoms with Crippen molar-refractivity contribution in [2.24, 2.45) is 5.73 Å². The summed E-state index contributed by atoms with van der Waals surface area (Å²) in [6.45, 7) is 3.00. The number of aryl methyl sites for hydroxylation is 1. The molecule has 1 atom stereocenters. The molecule has 0 saturated heterocycles. The SMILES string of the molecule is CCc1ccc2c(c1)CC(CCCN)N2. The molecule has 0 spiro atoms. The zero-order valence-corrected chi connectivity index (χ0v) is 9.42. The molecule has 1 aliphatic heterocycles. The number of hydrogen-bond acceptors (Lipinski definition) is 2. The summed E-state index contributed by atoms with van der Waals surface area (Å²) in [5.41, 5.74) is 9.78. The second kappa shape index (κ2) is 4.67. The Labute approximate surface area is 91.9 Å². The number of fused-ring (bicyclic) bond motifs is 1. The molecule has 1 aromatic carbocycles. The van der Waals surface area contributed by atoms with E-state index < -0.39 is 0 Å². The van der Waals surface area contributed by atoms with Crippen LogP contribution in [0.1, 0.15) is 30.9 Å². The van der Waals surface area contributed by atoms with E-state index in [1.165, 1.54) is 29.7 Å². The topological polar surface area (TPSA) is 38.0 Å². The number of rotatable bonds is 4. The largest absolute Gasteiger partial charge is 0.382 e. The maximum absolute atomic E-state index is 5.53. The van der Waals surface area contributed by atoms with Crippen molar-refractivity contribution in [2.75, 3.05) is 11.9 Å². The third kappa shape index (κ3) is 2.32. The highest BCUT2D eigenvalue weighted by Crippen LogP contribution is 2.28. The first-order chi connectivity index (χ1) is 7.33. The van der Waals surface area contributed by atoms with Gasteiger partial charge in [0.1, 0.15) is 0 Å². The summed E-state index contributed by atoms with van der Waals surface area (Å²) in [5.74, 6) is 0. The zero-order valence-electron chi connectivity index (χ0n) is 9.42. The van der Waals surface area contributed by atoms with Gasteiger partial charge in [-0.2, -0.15) is 0 Å². The Bertz CT molecular complexity index is 333. The van der Waals surface area contributed by atoms with Crippen LogP contribution in [0.4, 0.5) is 5.69 Å². The second-order valence-electron chi connectivity index (χ2n) is 4.32. The minimum atomic E-state index is 0.607. The molecule has 15 heavy (non-hydrogen) atoms. The van der Waals surface area contributed by atoms with Crippen molar-refractivity contribution in [1.82, 2.24) is 0 Å². The molecule has 1 unspecified atom stereocenters. The lowest BCUT2D eigenvalue weighted by molar-refractivity contribution is 0.639. The molecule has 0 fully saturated rings. The van der Waals surface area contributed by atoms with E-state index in [4.69, 9.17) is 5.73 Å². The molecule has 0 aliphatic carbocycles. The van der Waals surface area contributed by atoms with Crippen LogP contribution in [0.25, 0.3) is 0 Å². The van der Waals surface area contributed by atoms with Crippen LogP contribution in [0.2, 0.25) is 0 Å². The Balaban J connectivity index is 2.03. The number of nitrogens with one attached hydrogen (secondary N) is 1. The summed E-state index contributed by atoms with van der Waals surface area (Å²) in [4.78, 5) is 0. The molecule has 1 aliphatic rings. The van der Waals surface area contributed by atoms with Gasteiger partial charge in [-0.3, -0.25) is 0 Å². The lowest BCUT2D eigenvalue weighted by Gasteiger charge is -2.09. The van der Waals surface area contributed by atoms with Crippen molar-refractivity contribution in [3.05, 3.63) is 29.3 Å². The quantitative estimate of drug-likeness (QED) is 0.790. The number of anilines is 1. The number of hydrogen-bond donors (Lipinski definition) is 2. The van der Waals surface area contributed by atoms with Crippen molar-refractivity contribution in [2.45, 2.75) is 38.6 Å². The Kier molecular flexibility index (Phi) is 3.27. The highest BCUT2D eigenvalue weighted by molar-refractivity contribution is 5.57. The van der Waals surface area contributed by atoms with E-state index in [1.54, 1.807) is 0 Å². The van der Waals surface area contributed by atoms with E-state index in [1.807, 2.05) is 0 Å². The van der Waals surface area contributed by atoms with Gasteiger partial charge in [0, 0.05) is 11.7 Å². The van der Waals surface area contributed by atoms with Gasteiger partial charge in [0.25, 0.3) is 0 Å². The van der Waals surface area contributed by atoms with Crippen molar-refractivity contribution in [1.29, 1.82) is 0 Å². The number of nitrogens with two attached hydrogens (primary N) is 1. The summed E-state index contributed by atoms with van der Waals surface area (Å²) in [6, 6.07) is 7.38.